The van der Waals surface area contributed by atoms with Crippen LogP contribution in [0.1, 0.15) is 23.3 Å². The third-order valence-corrected chi connectivity index (χ3v) is 5.50. The molecule has 3 heteroatoms. The second-order valence-corrected chi connectivity index (χ2v) is 5.97. The smallest absolute Gasteiger partial charge is 0.157 e. The fraction of sp³-hybridized carbons (Fsp3) is 0.462. The number of rotatable bonds is 0. The summed E-state index contributed by atoms with van der Waals surface area (Å²) in [6.45, 7) is 2.19. The number of fused-ring (bicyclic) bond motifs is 1. The molecule has 0 radical (unpaired) electrons. The fourth-order valence-electron chi connectivity index (χ4n) is 3.60. The molecule has 4 rings (SSSR count). The van der Waals surface area contributed by atoms with E-state index in [-0.39, 0.29) is 5.41 Å². The monoisotopic (exact) mass is 231 g/mol. The average Bonchev–Trinajstić information content (AvgIpc) is 2.84. The Morgan fingerprint density at radius 2 is 2.44 bits per heavy atom. The summed E-state index contributed by atoms with van der Waals surface area (Å²) in [7, 11) is 0. The van der Waals surface area contributed by atoms with Gasteiger partial charge >= 0.3 is 0 Å². The molecule has 1 unspecified atom stereocenters. The van der Waals surface area contributed by atoms with Gasteiger partial charge in [-0.1, -0.05) is 6.08 Å². The van der Waals surface area contributed by atoms with Crippen LogP contribution in [0, 0.1) is 0 Å². The number of carbonyl (C=O) groups is 1. The standard InChI is InChI=1S/C13H13NOS/c15-10-1-3-13-4-5-14(11(13)7-10)8-9-2-6-16-12(9)13/h1-3,6,11H,4-5,7-8H2/t11-,13+/m0/s1. The molecule has 0 N–H and O–H groups in total. The summed E-state index contributed by atoms with van der Waals surface area (Å²) >= 11 is 1.87. The van der Waals surface area contributed by atoms with Gasteiger partial charge in [0.05, 0.1) is 0 Å². The first-order valence-electron chi connectivity index (χ1n) is 5.82. The molecule has 3 atom stereocenters. The van der Waals surface area contributed by atoms with Crippen LogP contribution in [0.25, 0.3) is 0 Å². The summed E-state index contributed by atoms with van der Waals surface area (Å²) in [5, 5.41) is 2.20. The van der Waals surface area contributed by atoms with E-state index < -0.39 is 0 Å². The third-order valence-electron chi connectivity index (χ3n) is 4.35. The summed E-state index contributed by atoms with van der Waals surface area (Å²) < 4.78 is 0. The van der Waals surface area contributed by atoms with E-state index in [0.717, 1.165) is 13.1 Å². The average molecular weight is 231 g/mol. The topological polar surface area (TPSA) is 20.3 Å². The molecule has 1 saturated heterocycles. The van der Waals surface area contributed by atoms with E-state index in [0.29, 0.717) is 18.2 Å². The summed E-state index contributed by atoms with van der Waals surface area (Å²) in [5.41, 5.74) is 1.66. The van der Waals surface area contributed by atoms with Crippen LogP contribution in [0.3, 0.4) is 0 Å². The minimum absolute atomic E-state index is 0.176. The Morgan fingerprint density at radius 3 is 3.38 bits per heavy atom. The van der Waals surface area contributed by atoms with Crippen molar-refractivity contribution in [3.63, 3.8) is 0 Å². The molecule has 1 aromatic heterocycles. The second kappa shape index (κ2) is 2.84. The number of ketones is 1. The summed E-state index contributed by atoms with van der Waals surface area (Å²) in [4.78, 5) is 15.6. The van der Waals surface area contributed by atoms with Crippen LogP contribution in [0.15, 0.2) is 23.6 Å². The Labute approximate surface area is 98.6 Å². The Morgan fingerprint density at radius 1 is 1.50 bits per heavy atom. The molecule has 0 spiro atoms. The van der Waals surface area contributed by atoms with Crippen molar-refractivity contribution in [3.8, 4) is 0 Å². The van der Waals surface area contributed by atoms with Gasteiger partial charge in [0.25, 0.3) is 0 Å². The first-order chi connectivity index (χ1) is 7.79. The van der Waals surface area contributed by atoms with Crippen molar-refractivity contribution in [2.45, 2.75) is 30.8 Å². The Hall–Kier alpha value is -0.930. The number of nitrogens with zero attached hydrogens (tertiary/aromatic N) is 1. The predicted octanol–water partition coefficient (Wildman–Crippen LogP) is 2.10. The Bertz CT molecular complexity index is 504. The van der Waals surface area contributed by atoms with Gasteiger partial charge < -0.3 is 0 Å². The van der Waals surface area contributed by atoms with E-state index in [2.05, 4.69) is 22.4 Å². The van der Waals surface area contributed by atoms with E-state index >= 15 is 0 Å². The lowest BCUT2D eigenvalue weighted by Gasteiger charge is -2.42. The maximum Gasteiger partial charge on any atom is 0.157 e. The highest BCUT2D eigenvalue weighted by molar-refractivity contribution is 7.10. The number of hydrogen-bond donors (Lipinski definition) is 0. The van der Waals surface area contributed by atoms with Gasteiger partial charge in [0.15, 0.2) is 5.78 Å². The zero-order chi connectivity index (χ0) is 10.8. The molecule has 2 aliphatic heterocycles. The van der Waals surface area contributed by atoms with E-state index in [1.54, 1.807) is 0 Å². The van der Waals surface area contributed by atoms with Crippen LogP contribution in [0.5, 0.6) is 0 Å². The molecule has 82 valence electrons. The van der Waals surface area contributed by atoms with Crippen molar-refractivity contribution in [1.29, 1.82) is 0 Å². The lowest BCUT2D eigenvalue weighted by molar-refractivity contribution is -0.116. The van der Waals surface area contributed by atoms with Crippen molar-refractivity contribution in [3.05, 3.63) is 34.0 Å². The van der Waals surface area contributed by atoms with Crippen LogP contribution in [-0.2, 0) is 16.8 Å². The summed E-state index contributed by atoms with van der Waals surface area (Å²) in [6, 6.07) is 2.69. The molecule has 2 nitrogen and oxygen atoms in total. The molecule has 3 heterocycles. The number of allylic oxidation sites excluding steroid dienone is 1. The highest BCUT2D eigenvalue weighted by atomic mass is 32.1. The van der Waals surface area contributed by atoms with Crippen LogP contribution >= 0.6 is 11.3 Å². The molecule has 2 bridgehead atoms. The van der Waals surface area contributed by atoms with Crippen molar-refractivity contribution in [1.82, 2.24) is 4.90 Å². The molecule has 0 amide bonds. The van der Waals surface area contributed by atoms with Crippen molar-refractivity contribution in [2.75, 3.05) is 6.54 Å². The van der Waals surface area contributed by atoms with Crippen LogP contribution < -0.4 is 0 Å². The molecule has 1 aliphatic carbocycles. The Balaban J connectivity index is 1.97. The highest BCUT2D eigenvalue weighted by Crippen LogP contribution is 2.51. The molecular formula is C13H13NOS. The predicted molar refractivity (Wildman–Crippen MR) is 63.6 cm³/mol. The number of hydrogen-bond acceptors (Lipinski definition) is 3. The maximum absolute atomic E-state index is 11.6. The lowest BCUT2D eigenvalue weighted by Crippen LogP contribution is -2.47. The zero-order valence-electron chi connectivity index (χ0n) is 8.98. The summed E-state index contributed by atoms with van der Waals surface area (Å²) in [5.74, 6) is 0.299. The largest absolute Gasteiger partial charge is 0.295 e. The van der Waals surface area contributed by atoms with E-state index in [1.165, 1.54) is 16.9 Å². The number of thiophene rings is 1. The number of carbonyl (C=O) groups excluding carboxylic acids is 1. The quantitative estimate of drug-likeness (QED) is 0.681. The van der Waals surface area contributed by atoms with Crippen molar-refractivity contribution < 1.29 is 4.79 Å². The van der Waals surface area contributed by atoms with Gasteiger partial charge in [0.1, 0.15) is 0 Å². The fourth-order valence-corrected chi connectivity index (χ4v) is 4.78. The van der Waals surface area contributed by atoms with Gasteiger partial charge in [0.2, 0.25) is 0 Å². The minimum atomic E-state index is 0.176. The van der Waals surface area contributed by atoms with Crippen LogP contribution in [0.4, 0.5) is 0 Å². The van der Waals surface area contributed by atoms with Gasteiger partial charge in [-0.2, -0.15) is 0 Å². The van der Waals surface area contributed by atoms with Gasteiger partial charge in [0, 0.05) is 35.8 Å². The second-order valence-electron chi connectivity index (χ2n) is 5.06. The summed E-state index contributed by atoms with van der Waals surface area (Å²) in [6.07, 6.45) is 5.91. The molecule has 0 aromatic carbocycles. The molecule has 1 aromatic rings. The Kier molecular flexibility index (Phi) is 1.62. The maximum atomic E-state index is 11.6. The normalized spacial score (nSPS) is 39.6. The zero-order valence-corrected chi connectivity index (χ0v) is 9.80. The van der Waals surface area contributed by atoms with Gasteiger partial charge in [-0.25, -0.2) is 0 Å². The molecule has 16 heavy (non-hydrogen) atoms. The SMILES string of the molecule is O=C1C=C[C@]23CCN(Cc4ccsc42)[C@H]3C1. The van der Waals surface area contributed by atoms with Crippen molar-refractivity contribution >= 4 is 17.1 Å². The van der Waals surface area contributed by atoms with Crippen molar-refractivity contribution in [2.24, 2.45) is 0 Å². The van der Waals surface area contributed by atoms with Crippen LogP contribution in [-0.4, -0.2) is 23.3 Å². The first kappa shape index (κ1) is 9.14. The third kappa shape index (κ3) is 0.937. The molecular weight excluding hydrogens is 218 g/mol. The van der Waals surface area contributed by atoms with Crippen LogP contribution in [0.2, 0.25) is 0 Å². The van der Waals surface area contributed by atoms with E-state index in [9.17, 15) is 4.79 Å². The minimum Gasteiger partial charge on any atom is -0.295 e. The highest BCUT2D eigenvalue weighted by Gasteiger charge is 2.53. The molecule has 1 fully saturated rings. The van der Waals surface area contributed by atoms with Gasteiger partial charge in [-0.05, 0) is 29.5 Å². The van der Waals surface area contributed by atoms with Gasteiger partial charge in [-0.15, -0.1) is 11.3 Å². The molecule has 3 aliphatic rings. The van der Waals surface area contributed by atoms with E-state index in [4.69, 9.17) is 0 Å². The first-order valence-corrected chi connectivity index (χ1v) is 6.70. The van der Waals surface area contributed by atoms with Gasteiger partial charge in [-0.3, -0.25) is 9.69 Å². The molecule has 0 saturated carbocycles. The van der Waals surface area contributed by atoms with E-state index in [1.807, 2.05) is 17.4 Å². The lowest BCUT2D eigenvalue weighted by atomic mass is 9.71.